The first-order valence-corrected chi connectivity index (χ1v) is 6.51. The van der Waals surface area contributed by atoms with Gasteiger partial charge in [-0.3, -0.25) is 0 Å². The molecule has 0 radical (unpaired) electrons. The summed E-state index contributed by atoms with van der Waals surface area (Å²) in [6.07, 6.45) is 5.97. The van der Waals surface area contributed by atoms with Crippen LogP contribution < -0.4 is 4.90 Å². The van der Waals surface area contributed by atoms with Crippen molar-refractivity contribution in [1.82, 2.24) is 4.98 Å². The molecule has 0 atom stereocenters. The first kappa shape index (κ1) is 12.8. The highest BCUT2D eigenvalue weighted by atomic mass is 79.9. The van der Waals surface area contributed by atoms with Gasteiger partial charge in [0.15, 0.2) is 0 Å². The van der Waals surface area contributed by atoms with Gasteiger partial charge in [0.25, 0.3) is 0 Å². The molecule has 0 fully saturated rings. The van der Waals surface area contributed by atoms with E-state index >= 15 is 0 Å². The molecular formula is C15H15BrN2. The van der Waals surface area contributed by atoms with Crippen LogP contribution in [0.2, 0.25) is 0 Å². The minimum Gasteiger partial charge on any atom is -0.378 e. The summed E-state index contributed by atoms with van der Waals surface area (Å²) in [5.41, 5.74) is 3.53. The fraction of sp³-hybridized carbons (Fsp3) is 0.133. The van der Waals surface area contributed by atoms with Gasteiger partial charge in [-0.15, -0.1) is 0 Å². The van der Waals surface area contributed by atoms with Crippen molar-refractivity contribution in [2.75, 3.05) is 19.0 Å². The number of rotatable bonds is 3. The molecule has 0 N–H and O–H groups in total. The predicted molar refractivity (Wildman–Crippen MR) is 81.6 cm³/mol. The van der Waals surface area contributed by atoms with Crippen LogP contribution in [0.15, 0.2) is 47.2 Å². The van der Waals surface area contributed by atoms with E-state index in [-0.39, 0.29) is 0 Å². The molecule has 0 saturated carbocycles. The number of benzene rings is 1. The van der Waals surface area contributed by atoms with Crippen molar-refractivity contribution in [3.63, 3.8) is 0 Å². The molecule has 0 spiro atoms. The van der Waals surface area contributed by atoms with Gasteiger partial charge in [-0.25, -0.2) is 4.98 Å². The van der Waals surface area contributed by atoms with Gasteiger partial charge in [-0.05, 0) is 51.3 Å². The predicted octanol–water partition coefficient (Wildman–Crippen LogP) is 4.08. The molecule has 1 aromatic carbocycles. The summed E-state index contributed by atoms with van der Waals surface area (Å²) in [5.74, 6) is 0. The van der Waals surface area contributed by atoms with Gasteiger partial charge in [-0.1, -0.05) is 24.3 Å². The Labute approximate surface area is 116 Å². The van der Waals surface area contributed by atoms with Gasteiger partial charge >= 0.3 is 0 Å². The number of anilines is 1. The molecule has 0 unspecified atom stereocenters. The zero-order valence-electron chi connectivity index (χ0n) is 10.5. The first-order chi connectivity index (χ1) is 8.65. The van der Waals surface area contributed by atoms with Gasteiger partial charge in [0.05, 0.1) is 0 Å². The molecule has 1 aromatic heterocycles. The zero-order chi connectivity index (χ0) is 13.0. The van der Waals surface area contributed by atoms with Crippen LogP contribution in [0.1, 0.15) is 11.1 Å². The van der Waals surface area contributed by atoms with E-state index in [1.54, 1.807) is 6.20 Å². The van der Waals surface area contributed by atoms with Crippen molar-refractivity contribution in [3.05, 3.63) is 58.3 Å². The fourth-order valence-electron chi connectivity index (χ4n) is 1.60. The summed E-state index contributed by atoms with van der Waals surface area (Å²) in [4.78, 5) is 6.19. The second kappa shape index (κ2) is 5.83. The van der Waals surface area contributed by atoms with Crippen molar-refractivity contribution in [3.8, 4) is 0 Å². The highest BCUT2D eigenvalue weighted by Crippen LogP contribution is 2.15. The molecule has 2 rings (SSSR count). The number of aromatic nitrogens is 1. The summed E-state index contributed by atoms with van der Waals surface area (Å²) in [6, 6.07) is 12.4. The van der Waals surface area contributed by atoms with Crippen LogP contribution in [0, 0.1) is 0 Å². The number of hydrogen-bond acceptors (Lipinski definition) is 2. The Kier molecular flexibility index (Phi) is 4.15. The topological polar surface area (TPSA) is 16.1 Å². The minimum atomic E-state index is 0.854. The average molecular weight is 303 g/mol. The normalized spacial score (nSPS) is 10.8. The van der Waals surface area contributed by atoms with E-state index in [9.17, 15) is 0 Å². The maximum absolute atomic E-state index is 4.10. The van der Waals surface area contributed by atoms with E-state index in [2.05, 4.69) is 62.2 Å². The second-order valence-corrected chi connectivity index (χ2v) is 5.04. The first-order valence-electron chi connectivity index (χ1n) is 5.72. The number of hydrogen-bond donors (Lipinski definition) is 0. The lowest BCUT2D eigenvalue weighted by Gasteiger charge is -2.11. The molecule has 0 saturated heterocycles. The summed E-state index contributed by atoms with van der Waals surface area (Å²) in [6.45, 7) is 0. The second-order valence-electron chi connectivity index (χ2n) is 4.23. The van der Waals surface area contributed by atoms with Gasteiger partial charge in [0, 0.05) is 26.0 Å². The number of nitrogens with zero attached hydrogens (tertiary/aromatic N) is 2. The Morgan fingerprint density at radius 3 is 2.28 bits per heavy atom. The van der Waals surface area contributed by atoms with Crippen LogP contribution >= 0.6 is 15.9 Å². The molecule has 1 heterocycles. The Balaban J connectivity index is 2.14. The molecule has 0 bridgehead atoms. The van der Waals surface area contributed by atoms with E-state index in [0.29, 0.717) is 0 Å². The lowest BCUT2D eigenvalue weighted by molar-refractivity contribution is 1.13. The molecule has 2 aromatic rings. The van der Waals surface area contributed by atoms with Crippen LogP contribution in [0.3, 0.4) is 0 Å². The van der Waals surface area contributed by atoms with E-state index in [1.807, 2.05) is 26.2 Å². The van der Waals surface area contributed by atoms with Crippen LogP contribution in [0.4, 0.5) is 5.69 Å². The fourth-order valence-corrected chi connectivity index (χ4v) is 1.98. The Hall–Kier alpha value is -1.61. The summed E-state index contributed by atoms with van der Waals surface area (Å²) >= 11 is 3.36. The van der Waals surface area contributed by atoms with Crippen molar-refractivity contribution in [1.29, 1.82) is 0 Å². The molecule has 92 valence electrons. The lowest BCUT2D eigenvalue weighted by atomic mass is 10.1. The SMILES string of the molecule is CN(C)c1ccc(C=Cc2ccnc(Br)c2)cc1. The Morgan fingerprint density at radius 2 is 1.67 bits per heavy atom. The minimum absolute atomic E-state index is 0.854. The summed E-state index contributed by atoms with van der Waals surface area (Å²) < 4.78 is 0.854. The van der Waals surface area contributed by atoms with Gasteiger partial charge < -0.3 is 4.90 Å². The molecule has 18 heavy (non-hydrogen) atoms. The monoisotopic (exact) mass is 302 g/mol. The van der Waals surface area contributed by atoms with Gasteiger partial charge in [0.1, 0.15) is 4.60 Å². The molecular weight excluding hydrogens is 288 g/mol. The highest BCUT2D eigenvalue weighted by Gasteiger charge is 1.94. The average Bonchev–Trinajstić information content (AvgIpc) is 2.37. The van der Waals surface area contributed by atoms with Crippen molar-refractivity contribution in [2.24, 2.45) is 0 Å². The van der Waals surface area contributed by atoms with Gasteiger partial charge in [0.2, 0.25) is 0 Å². The molecule has 0 aliphatic rings. The summed E-state index contributed by atoms with van der Waals surface area (Å²) in [7, 11) is 4.08. The van der Waals surface area contributed by atoms with E-state index < -0.39 is 0 Å². The van der Waals surface area contributed by atoms with E-state index in [4.69, 9.17) is 0 Å². The third-order valence-electron chi connectivity index (χ3n) is 2.63. The third kappa shape index (κ3) is 3.44. The molecule has 0 aliphatic carbocycles. The van der Waals surface area contributed by atoms with Crippen molar-refractivity contribution in [2.45, 2.75) is 0 Å². The largest absolute Gasteiger partial charge is 0.378 e. The molecule has 0 amide bonds. The van der Waals surface area contributed by atoms with Gasteiger partial charge in [-0.2, -0.15) is 0 Å². The zero-order valence-corrected chi connectivity index (χ0v) is 12.1. The smallest absolute Gasteiger partial charge is 0.106 e. The lowest BCUT2D eigenvalue weighted by Crippen LogP contribution is -2.07. The Morgan fingerprint density at radius 1 is 1.00 bits per heavy atom. The summed E-state index contributed by atoms with van der Waals surface area (Å²) in [5, 5.41) is 0. The van der Waals surface area contributed by atoms with Crippen LogP contribution in [-0.4, -0.2) is 19.1 Å². The third-order valence-corrected chi connectivity index (χ3v) is 3.06. The van der Waals surface area contributed by atoms with Crippen molar-refractivity contribution < 1.29 is 0 Å². The molecule has 3 heteroatoms. The maximum atomic E-state index is 4.10. The van der Waals surface area contributed by atoms with Crippen LogP contribution in [0.25, 0.3) is 12.2 Å². The van der Waals surface area contributed by atoms with Crippen molar-refractivity contribution >= 4 is 33.8 Å². The highest BCUT2D eigenvalue weighted by molar-refractivity contribution is 9.10. The standard InChI is InChI=1S/C15H15BrN2/c1-18(2)14-7-5-12(6-8-14)3-4-13-9-10-17-15(16)11-13/h3-11H,1-2H3. The maximum Gasteiger partial charge on any atom is 0.106 e. The quantitative estimate of drug-likeness (QED) is 0.794. The molecule has 0 aliphatic heterocycles. The number of halogens is 1. The molecule has 2 nitrogen and oxygen atoms in total. The van der Waals surface area contributed by atoms with E-state index in [0.717, 1.165) is 10.2 Å². The number of pyridine rings is 1. The van der Waals surface area contributed by atoms with E-state index in [1.165, 1.54) is 11.3 Å². The Bertz CT molecular complexity index is 545. The van der Waals surface area contributed by atoms with Crippen LogP contribution in [-0.2, 0) is 0 Å². The van der Waals surface area contributed by atoms with Crippen LogP contribution in [0.5, 0.6) is 0 Å².